The molecule has 0 fully saturated rings. The molecule has 0 radical (unpaired) electrons. The van der Waals surface area contributed by atoms with Crippen LogP contribution >= 0.6 is 23.2 Å². The summed E-state index contributed by atoms with van der Waals surface area (Å²) in [6.45, 7) is 3.99. The zero-order chi connectivity index (χ0) is 19.6. The van der Waals surface area contributed by atoms with Crippen LogP contribution < -0.4 is 10.1 Å². The SMILES string of the molecule is C=CCOc1cccc(NC(=O)N(C)[C@@H]2c3cc(Cl)cc(Cl)c3C[C@@H]2O)c1. The van der Waals surface area contributed by atoms with Gasteiger partial charge in [0.05, 0.1) is 12.1 Å². The topological polar surface area (TPSA) is 61.8 Å². The maximum atomic E-state index is 12.7. The van der Waals surface area contributed by atoms with Crippen LogP contribution in [0, 0.1) is 0 Å². The molecule has 2 atom stereocenters. The summed E-state index contributed by atoms with van der Waals surface area (Å²) in [5.41, 5.74) is 2.17. The van der Waals surface area contributed by atoms with Crippen molar-refractivity contribution in [1.82, 2.24) is 4.90 Å². The lowest BCUT2D eigenvalue weighted by atomic mass is 10.1. The Labute approximate surface area is 168 Å². The molecule has 0 aromatic heterocycles. The highest BCUT2D eigenvalue weighted by Gasteiger charge is 2.37. The lowest BCUT2D eigenvalue weighted by Crippen LogP contribution is -2.38. The molecular formula is C20H20Cl2N2O3. The van der Waals surface area contributed by atoms with Crippen molar-refractivity contribution in [2.45, 2.75) is 18.6 Å². The lowest BCUT2D eigenvalue weighted by molar-refractivity contribution is 0.0934. The minimum atomic E-state index is -0.756. The molecular weight excluding hydrogens is 387 g/mol. The van der Waals surface area contributed by atoms with Crippen LogP contribution in [0.25, 0.3) is 0 Å². The number of nitrogens with zero attached hydrogens (tertiary/aromatic N) is 1. The second-order valence-corrected chi connectivity index (χ2v) is 7.18. The van der Waals surface area contributed by atoms with Crippen LogP contribution in [0.15, 0.2) is 49.1 Å². The van der Waals surface area contributed by atoms with Crippen LogP contribution in [-0.2, 0) is 6.42 Å². The van der Waals surface area contributed by atoms with Gasteiger partial charge >= 0.3 is 6.03 Å². The molecule has 0 saturated carbocycles. The molecule has 1 aliphatic rings. The number of amides is 2. The third-order valence-electron chi connectivity index (χ3n) is 4.48. The zero-order valence-electron chi connectivity index (χ0n) is 14.8. The molecule has 0 saturated heterocycles. The zero-order valence-corrected chi connectivity index (χ0v) is 16.3. The molecule has 142 valence electrons. The number of hydrogen-bond acceptors (Lipinski definition) is 3. The number of aliphatic hydroxyl groups is 1. The Balaban J connectivity index is 1.78. The highest BCUT2D eigenvalue weighted by atomic mass is 35.5. The van der Waals surface area contributed by atoms with E-state index in [2.05, 4.69) is 11.9 Å². The van der Waals surface area contributed by atoms with Crippen molar-refractivity contribution in [2.75, 3.05) is 19.0 Å². The van der Waals surface area contributed by atoms with E-state index in [1.54, 1.807) is 49.5 Å². The molecule has 0 heterocycles. The fourth-order valence-electron chi connectivity index (χ4n) is 3.25. The molecule has 2 N–H and O–H groups in total. The number of ether oxygens (including phenoxy) is 1. The van der Waals surface area contributed by atoms with Crippen LogP contribution in [-0.4, -0.2) is 35.8 Å². The number of urea groups is 1. The van der Waals surface area contributed by atoms with E-state index in [1.165, 1.54) is 4.90 Å². The van der Waals surface area contributed by atoms with E-state index in [-0.39, 0.29) is 6.03 Å². The van der Waals surface area contributed by atoms with Gasteiger partial charge in [-0.15, -0.1) is 0 Å². The second-order valence-electron chi connectivity index (χ2n) is 6.34. The largest absolute Gasteiger partial charge is 0.489 e. The van der Waals surface area contributed by atoms with Gasteiger partial charge in [0, 0.05) is 35.3 Å². The van der Waals surface area contributed by atoms with E-state index >= 15 is 0 Å². The van der Waals surface area contributed by atoms with E-state index in [1.807, 2.05) is 0 Å². The van der Waals surface area contributed by atoms with Crippen molar-refractivity contribution < 1.29 is 14.6 Å². The van der Waals surface area contributed by atoms with E-state index in [0.717, 1.165) is 11.1 Å². The lowest BCUT2D eigenvalue weighted by Gasteiger charge is -2.28. The van der Waals surface area contributed by atoms with Gasteiger partial charge in [-0.2, -0.15) is 0 Å². The number of fused-ring (bicyclic) bond motifs is 1. The van der Waals surface area contributed by atoms with Crippen LogP contribution in [0.3, 0.4) is 0 Å². The molecule has 0 unspecified atom stereocenters. The molecule has 2 aromatic carbocycles. The molecule has 2 amide bonds. The Hall–Kier alpha value is -2.21. The van der Waals surface area contributed by atoms with Gasteiger partial charge in [-0.25, -0.2) is 4.79 Å². The van der Waals surface area contributed by atoms with Crippen LogP contribution in [0.2, 0.25) is 10.0 Å². The fourth-order valence-corrected chi connectivity index (χ4v) is 3.84. The van der Waals surface area contributed by atoms with Gasteiger partial charge in [0.1, 0.15) is 12.4 Å². The molecule has 0 spiro atoms. The molecule has 2 aromatic rings. The van der Waals surface area contributed by atoms with E-state index < -0.39 is 12.1 Å². The summed E-state index contributed by atoms with van der Waals surface area (Å²) in [5, 5.41) is 14.3. The standard InChI is InChI=1S/C20H20Cl2N2O3/c1-3-7-27-14-6-4-5-13(10-14)23-20(26)24(2)19-16-8-12(21)9-17(22)15(16)11-18(19)25/h3-6,8-10,18-19,25H,1,7,11H2,2H3,(H,23,26)/t18-,19+/m0/s1. The maximum absolute atomic E-state index is 12.7. The predicted molar refractivity (Wildman–Crippen MR) is 108 cm³/mol. The summed E-state index contributed by atoms with van der Waals surface area (Å²) < 4.78 is 5.48. The molecule has 0 aliphatic heterocycles. The highest BCUT2D eigenvalue weighted by Crippen LogP contribution is 2.41. The van der Waals surface area contributed by atoms with E-state index in [9.17, 15) is 9.90 Å². The number of carbonyl (C=O) groups is 1. The van der Waals surface area contributed by atoms with Gasteiger partial charge in [0.2, 0.25) is 0 Å². The Morgan fingerprint density at radius 2 is 2.19 bits per heavy atom. The van der Waals surface area contributed by atoms with Crippen LogP contribution in [0.5, 0.6) is 5.75 Å². The van der Waals surface area contributed by atoms with E-state index in [4.69, 9.17) is 27.9 Å². The molecule has 7 heteroatoms. The average Bonchev–Trinajstić information content (AvgIpc) is 2.96. The number of aliphatic hydroxyl groups excluding tert-OH is 1. The monoisotopic (exact) mass is 406 g/mol. The first-order chi connectivity index (χ1) is 12.9. The third kappa shape index (κ3) is 4.21. The number of likely N-dealkylation sites (N-methyl/N-ethyl adjacent to an activating group) is 1. The van der Waals surface area contributed by atoms with Gasteiger partial charge in [0.15, 0.2) is 0 Å². The number of anilines is 1. The second kappa shape index (κ2) is 8.21. The number of benzene rings is 2. The van der Waals surface area contributed by atoms with Gasteiger partial charge in [-0.3, -0.25) is 0 Å². The van der Waals surface area contributed by atoms with Crippen LogP contribution in [0.4, 0.5) is 10.5 Å². The Morgan fingerprint density at radius 3 is 2.93 bits per heavy atom. The summed E-state index contributed by atoms with van der Waals surface area (Å²) in [4.78, 5) is 14.2. The minimum Gasteiger partial charge on any atom is -0.489 e. The molecule has 5 nitrogen and oxygen atoms in total. The fraction of sp³-hybridized carbons (Fsp3) is 0.250. The van der Waals surface area contributed by atoms with Gasteiger partial charge in [-0.1, -0.05) is 41.9 Å². The Bertz CT molecular complexity index is 872. The molecule has 0 bridgehead atoms. The molecule has 27 heavy (non-hydrogen) atoms. The predicted octanol–water partition coefficient (Wildman–Crippen LogP) is 4.68. The van der Waals surface area contributed by atoms with Gasteiger partial charge in [0.25, 0.3) is 0 Å². The first-order valence-electron chi connectivity index (χ1n) is 8.44. The minimum absolute atomic E-state index is 0.358. The van der Waals surface area contributed by atoms with E-state index in [0.29, 0.717) is 34.5 Å². The van der Waals surface area contributed by atoms with Crippen LogP contribution in [0.1, 0.15) is 17.2 Å². The highest BCUT2D eigenvalue weighted by molar-refractivity contribution is 6.35. The first-order valence-corrected chi connectivity index (χ1v) is 9.19. The number of hydrogen-bond donors (Lipinski definition) is 2. The smallest absolute Gasteiger partial charge is 0.322 e. The number of nitrogens with one attached hydrogen (secondary N) is 1. The average molecular weight is 407 g/mol. The summed E-state index contributed by atoms with van der Waals surface area (Å²) >= 11 is 12.4. The van der Waals surface area contributed by atoms with Crippen molar-refractivity contribution >= 4 is 34.9 Å². The normalized spacial score (nSPS) is 17.9. The van der Waals surface area contributed by atoms with Crippen molar-refractivity contribution in [1.29, 1.82) is 0 Å². The van der Waals surface area contributed by atoms with Crippen molar-refractivity contribution in [3.63, 3.8) is 0 Å². The Kier molecular flexibility index (Phi) is 5.95. The summed E-state index contributed by atoms with van der Waals surface area (Å²) in [5.74, 6) is 0.625. The van der Waals surface area contributed by atoms with Gasteiger partial charge < -0.3 is 20.1 Å². The van der Waals surface area contributed by atoms with Crippen molar-refractivity contribution in [3.05, 3.63) is 70.2 Å². The number of halogens is 2. The van der Waals surface area contributed by atoms with Crippen molar-refractivity contribution in [3.8, 4) is 5.75 Å². The molecule has 3 rings (SSSR count). The first kappa shape index (κ1) is 19.5. The van der Waals surface area contributed by atoms with Crippen molar-refractivity contribution in [2.24, 2.45) is 0 Å². The maximum Gasteiger partial charge on any atom is 0.322 e. The summed E-state index contributed by atoms with van der Waals surface area (Å²) in [6.07, 6.45) is 1.26. The summed E-state index contributed by atoms with van der Waals surface area (Å²) in [6, 6.07) is 9.57. The Morgan fingerprint density at radius 1 is 1.41 bits per heavy atom. The molecule has 1 aliphatic carbocycles. The quantitative estimate of drug-likeness (QED) is 0.708. The third-order valence-corrected chi connectivity index (χ3v) is 5.04. The summed E-state index contributed by atoms with van der Waals surface area (Å²) in [7, 11) is 1.63. The van der Waals surface area contributed by atoms with Gasteiger partial charge in [-0.05, 0) is 35.4 Å². The number of rotatable bonds is 5. The number of carbonyl (C=O) groups excluding carboxylic acids is 1.